The lowest BCUT2D eigenvalue weighted by molar-refractivity contribution is -0.129. The minimum absolute atomic E-state index is 0.0444. The highest BCUT2D eigenvalue weighted by atomic mass is 16.2. The van der Waals surface area contributed by atoms with Crippen LogP contribution in [0.15, 0.2) is 12.3 Å². The predicted octanol–water partition coefficient (Wildman–Crippen LogP) is 1.44. The summed E-state index contributed by atoms with van der Waals surface area (Å²) in [6.45, 7) is 11.2. The molecule has 0 N–H and O–H groups in total. The van der Waals surface area contributed by atoms with Gasteiger partial charge < -0.3 is 9.80 Å². The maximum atomic E-state index is 11.3. The van der Waals surface area contributed by atoms with Crippen LogP contribution in [0.25, 0.3) is 0 Å². The van der Waals surface area contributed by atoms with Gasteiger partial charge >= 0.3 is 0 Å². The lowest BCUT2D eigenvalue weighted by atomic mass is 9.96. The SMILES string of the molecule is CC(=O)N1CCN(c2ccnc(C(C)(C)C)n2)CC1. The summed E-state index contributed by atoms with van der Waals surface area (Å²) in [5.74, 6) is 1.97. The fourth-order valence-corrected chi connectivity index (χ4v) is 2.14. The fraction of sp³-hybridized carbons (Fsp3) is 0.643. The van der Waals surface area contributed by atoms with E-state index in [0.717, 1.165) is 37.8 Å². The van der Waals surface area contributed by atoms with Crippen LogP contribution in [0.5, 0.6) is 0 Å². The Labute approximate surface area is 114 Å². The third kappa shape index (κ3) is 3.22. The first-order chi connectivity index (χ1) is 8.88. The van der Waals surface area contributed by atoms with Crippen molar-refractivity contribution >= 4 is 11.7 Å². The first-order valence-corrected chi connectivity index (χ1v) is 6.72. The van der Waals surface area contributed by atoms with Crippen molar-refractivity contribution in [2.75, 3.05) is 31.1 Å². The molecule has 0 atom stereocenters. The molecule has 0 aliphatic carbocycles. The lowest BCUT2D eigenvalue weighted by Gasteiger charge is -2.35. The Hall–Kier alpha value is -1.65. The Morgan fingerprint density at radius 1 is 1.21 bits per heavy atom. The van der Waals surface area contributed by atoms with Crippen molar-refractivity contribution in [3.63, 3.8) is 0 Å². The molecule has 1 aliphatic rings. The Morgan fingerprint density at radius 2 is 1.84 bits per heavy atom. The Bertz CT molecular complexity index is 459. The van der Waals surface area contributed by atoms with Crippen molar-refractivity contribution in [1.29, 1.82) is 0 Å². The van der Waals surface area contributed by atoms with Gasteiger partial charge in [-0.1, -0.05) is 20.8 Å². The number of nitrogens with zero attached hydrogens (tertiary/aromatic N) is 4. The third-order valence-electron chi connectivity index (χ3n) is 3.36. The second kappa shape index (κ2) is 5.15. The van der Waals surface area contributed by atoms with E-state index in [4.69, 9.17) is 0 Å². The molecule has 2 rings (SSSR count). The van der Waals surface area contributed by atoms with E-state index in [0.29, 0.717) is 0 Å². The topological polar surface area (TPSA) is 49.3 Å². The lowest BCUT2D eigenvalue weighted by Crippen LogP contribution is -2.48. The first kappa shape index (κ1) is 13.8. The summed E-state index contributed by atoms with van der Waals surface area (Å²) in [5, 5.41) is 0. The average Bonchev–Trinajstić information content (AvgIpc) is 2.38. The molecular weight excluding hydrogens is 240 g/mol. The normalized spacial score (nSPS) is 16.6. The quantitative estimate of drug-likeness (QED) is 0.768. The zero-order chi connectivity index (χ0) is 14.0. The van der Waals surface area contributed by atoms with Crippen LogP contribution in [-0.2, 0) is 10.2 Å². The minimum atomic E-state index is -0.0444. The summed E-state index contributed by atoms with van der Waals surface area (Å²) in [6, 6.07) is 1.94. The highest BCUT2D eigenvalue weighted by Gasteiger charge is 2.22. The minimum Gasteiger partial charge on any atom is -0.353 e. The number of carbonyl (C=O) groups excluding carboxylic acids is 1. The van der Waals surface area contributed by atoms with Crippen LogP contribution in [0.4, 0.5) is 5.82 Å². The van der Waals surface area contributed by atoms with Gasteiger partial charge in [-0.3, -0.25) is 4.79 Å². The summed E-state index contributed by atoms with van der Waals surface area (Å²) in [7, 11) is 0. The van der Waals surface area contributed by atoms with Gasteiger partial charge in [-0.05, 0) is 6.07 Å². The molecule has 0 bridgehead atoms. The van der Waals surface area contributed by atoms with Crippen LogP contribution in [-0.4, -0.2) is 47.0 Å². The molecule has 104 valence electrons. The first-order valence-electron chi connectivity index (χ1n) is 6.72. The number of hydrogen-bond acceptors (Lipinski definition) is 4. The highest BCUT2D eigenvalue weighted by Crippen LogP contribution is 2.21. The van der Waals surface area contributed by atoms with E-state index >= 15 is 0 Å². The van der Waals surface area contributed by atoms with Crippen molar-refractivity contribution in [3.8, 4) is 0 Å². The maximum absolute atomic E-state index is 11.3. The van der Waals surface area contributed by atoms with E-state index in [1.165, 1.54) is 0 Å². The van der Waals surface area contributed by atoms with E-state index in [2.05, 4.69) is 35.6 Å². The van der Waals surface area contributed by atoms with Gasteiger partial charge in [-0.15, -0.1) is 0 Å². The second-order valence-electron chi connectivity index (χ2n) is 5.98. The molecule has 1 fully saturated rings. The van der Waals surface area contributed by atoms with Crippen molar-refractivity contribution in [3.05, 3.63) is 18.1 Å². The standard InChI is InChI=1S/C14H22N4O/c1-11(19)17-7-9-18(10-8-17)12-5-6-15-13(16-12)14(2,3)4/h5-6H,7-10H2,1-4H3. The highest BCUT2D eigenvalue weighted by molar-refractivity contribution is 5.73. The second-order valence-corrected chi connectivity index (χ2v) is 5.98. The van der Waals surface area contributed by atoms with Gasteiger partial charge in [-0.2, -0.15) is 0 Å². The van der Waals surface area contributed by atoms with E-state index in [1.54, 1.807) is 6.92 Å². The Kier molecular flexibility index (Phi) is 3.73. The molecule has 1 aliphatic heterocycles. The fourth-order valence-electron chi connectivity index (χ4n) is 2.14. The van der Waals surface area contributed by atoms with Gasteiger partial charge in [0, 0.05) is 44.7 Å². The molecule has 5 nitrogen and oxygen atoms in total. The van der Waals surface area contributed by atoms with Gasteiger partial charge in [-0.25, -0.2) is 9.97 Å². The molecule has 0 saturated carbocycles. The van der Waals surface area contributed by atoms with Gasteiger partial charge in [0.25, 0.3) is 0 Å². The Morgan fingerprint density at radius 3 is 2.37 bits per heavy atom. The molecule has 0 spiro atoms. The van der Waals surface area contributed by atoms with Crippen LogP contribution < -0.4 is 4.90 Å². The molecule has 1 amide bonds. The summed E-state index contributed by atoms with van der Waals surface area (Å²) in [4.78, 5) is 24.4. The molecular formula is C14H22N4O. The van der Waals surface area contributed by atoms with Gasteiger partial charge in [0.15, 0.2) is 0 Å². The zero-order valence-electron chi connectivity index (χ0n) is 12.2. The van der Waals surface area contributed by atoms with Crippen LogP contribution in [0, 0.1) is 0 Å². The van der Waals surface area contributed by atoms with Crippen molar-refractivity contribution < 1.29 is 4.79 Å². The van der Waals surface area contributed by atoms with Gasteiger partial charge in [0.2, 0.25) is 5.91 Å². The summed E-state index contributed by atoms with van der Waals surface area (Å²) < 4.78 is 0. The average molecular weight is 262 g/mol. The number of hydrogen-bond donors (Lipinski definition) is 0. The number of piperazine rings is 1. The third-order valence-corrected chi connectivity index (χ3v) is 3.36. The molecule has 0 radical (unpaired) electrons. The molecule has 1 aromatic heterocycles. The smallest absolute Gasteiger partial charge is 0.219 e. The number of carbonyl (C=O) groups is 1. The maximum Gasteiger partial charge on any atom is 0.219 e. The molecule has 19 heavy (non-hydrogen) atoms. The largest absolute Gasteiger partial charge is 0.353 e. The van der Waals surface area contributed by atoms with Crippen LogP contribution in [0.3, 0.4) is 0 Å². The van der Waals surface area contributed by atoms with Crippen molar-refractivity contribution in [2.24, 2.45) is 0 Å². The van der Waals surface area contributed by atoms with E-state index < -0.39 is 0 Å². The van der Waals surface area contributed by atoms with E-state index in [-0.39, 0.29) is 11.3 Å². The molecule has 5 heteroatoms. The van der Waals surface area contributed by atoms with Crippen molar-refractivity contribution in [1.82, 2.24) is 14.9 Å². The molecule has 0 aromatic carbocycles. The number of anilines is 1. The van der Waals surface area contributed by atoms with E-state index in [9.17, 15) is 4.79 Å². The van der Waals surface area contributed by atoms with Gasteiger partial charge in [0.1, 0.15) is 11.6 Å². The van der Waals surface area contributed by atoms with Crippen LogP contribution >= 0.6 is 0 Å². The van der Waals surface area contributed by atoms with Crippen molar-refractivity contribution in [2.45, 2.75) is 33.1 Å². The number of aromatic nitrogens is 2. The molecule has 0 unspecified atom stereocenters. The molecule has 1 aromatic rings. The summed E-state index contributed by atoms with van der Waals surface area (Å²) >= 11 is 0. The monoisotopic (exact) mass is 262 g/mol. The predicted molar refractivity (Wildman–Crippen MR) is 75.2 cm³/mol. The van der Waals surface area contributed by atoms with Crippen LogP contribution in [0.1, 0.15) is 33.5 Å². The van der Waals surface area contributed by atoms with Gasteiger partial charge in [0.05, 0.1) is 0 Å². The number of amides is 1. The zero-order valence-corrected chi connectivity index (χ0v) is 12.2. The Balaban J connectivity index is 2.10. The number of rotatable bonds is 1. The van der Waals surface area contributed by atoms with Crippen LogP contribution in [0.2, 0.25) is 0 Å². The summed E-state index contributed by atoms with van der Waals surface area (Å²) in [5.41, 5.74) is -0.0444. The molecule has 1 saturated heterocycles. The molecule has 2 heterocycles. The van der Waals surface area contributed by atoms with E-state index in [1.807, 2.05) is 17.2 Å². The summed E-state index contributed by atoms with van der Waals surface area (Å²) in [6.07, 6.45) is 1.82.